The van der Waals surface area contributed by atoms with Crippen LogP contribution in [0.3, 0.4) is 0 Å². The molecule has 1 fully saturated rings. The Morgan fingerprint density at radius 3 is 2.46 bits per heavy atom. The molecule has 10 nitrogen and oxygen atoms in total. The minimum absolute atomic E-state index is 0.0204. The summed E-state index contributed by atoms with van der Waals surface area (Å²) in [6.07, 6.45) is -2.79. The Morgan fingerprint density at radius 2 is 1.85 bits per heavy atom. The van der Waals surface area contributed by atoms with Gasteiger partial charge >= 0.3 is 12.3 Å². The number of piperidine rings is 1. The van der Waals surface area contributed by atoms with Crippen LogP contribution in [0.25, 0.3) is 5.78 Å². The van der Waals surface area contributed by atoms with Crippen LogP contribution in [-0.2, 0) is 34.1 Å². The lowest BCUT2D eigenvalue weighted by molar-refractivity contribution is -0.137. The highest BCUT2D eigenvalue weighted by molar-refractivity contribution is 9.10. The third-order valence-corrected chi connectivity index (χ3v) is 8.09. The minimum atomic E-state index is -4.58. The molecule has 2 aliphatic rings. The van der Waals surface area contributed by atoms with Crippen molar-refractivity contribution in [2.24, 2.45) is 0 Å². The molecular formula is C26H27BrClF3N6O4. The molecule has 3 heterocycles. The molecular weight excluding hydrogens is 633 g/mol. The van der Waals surface area contributed by atoms with Crippen LogP contribution in [0.4, 0.5) is 23.7 Å². The Bertz CT molecular complexity index is 1610. The van der Waals surface area contributed by atoms with E-state index in [2.05, 4.69) is 31.3 Å². The van der Waals surface area contributed by atoms with E-state index in [1.54, 1.807) is 30.2 Å². The molecule has 0 saturated carbocycles. The van der Waals surface area contributed by atoms with Gasteiger partial charge in [-0.15, -0.1) is 5.10 Å². The lowest BCUT2D eigenvalue weighted by Gasteiger charge is -2.39. The van der Waals surface area contributed by atoms with Gasteiger partial charge in [0.1, 0.15) is 12.1 Å². The molecule has 1 spiro atoms. The van der Waals surface area contributed by atoms with Gasteiger partial charge in [-0.25, -0.2) is 4.79 Å². The van der Waals surface area contributed by atoms with Crippen molar-refractivity contribution in [2.75, 3.05) is 18.4 Å². The Kier molecular flexibility index (Phi) is 7.38. The van der Waals surface area contributed by atoms with Gasteiger partial charge in [0.25, 0.3) is 5.56 Å². The SMILES string of the molecule is CC(C)(C)OC(=O)N1CCC2(CCc3c2c(=O)n2nc(Br)nc2n3CC(=O)Nc2ccc(C(F)(F)F)cc2Cl)CC1. The van der Waals surface area contributed by atoms with Crippen LogP contribution in [-0.4, -0.2) is 54.8 Å². The molecule has 5 rings (SSSR count). The summed E-state index contributed by atoms with van der Waals surface area (Å²) in [5.74, 6) is -0.420. The number of likely N-dealkylation sites (tertiary alicyclic amines) is 1. The van der Waals surface area contributed by atoms with Crippen molar-refractivity contribution >= 4 is 51.0 Å². The van der Waals surface area contributed by atoms with E-state index in [1.807, 2.05) is 0 Å². The smallest absolute Gasteiger partial charge is 0.416 e. The van der Waals surface area contributed by atoms with Gasteiger partial charge in [-0.1, -0.05) is 11.6 Å². The van der Waals surface area contributed by atoms with Crippen molar-refractivity contribution in [1.29, 1.82) is 0 Å². The van der Waals surface area contributed by atoms with Gasteiger partial charge < -0.3 is 19.5 Å². The van der Waals surface area contributed by atoms with Gasteiger partial charge in [-0.3, -0.25) is 9.59 Å². The number of carbonyl (C=O) groups is 2. The predicted octanol–water partition coefficient (Wildman–Crippen LogP) is 5.18. The largest absolute Gasteiger partial charge is 0.444 e. The molecule has 220 valence electrons. The van der Waals surface area contributed by atoms with E-state index in [1.165, 1.54) is 0 Å². The number of benzene rings is 1. The first-order valence-electron chi connectivity index (χ1n) is 12.9. The molecule has 15 heteroatoms. The van der Waals surface area contributed by atoms with Crippen molar-refractivity contribution in [1.82, 2.24) is 24.1 Å². The van der Waals surface area contributed by atoms with Crippen molar-refractivity contribution < 1.29 is 27.5 Å². The summed E-state index contributed by atoms with van der Waals surface area (Å²) in [5, 5.41) is 6.49. The third-order valence-electron chi connectivity index (χ3n) is 7.44. The van der Waals surface area contributed by atoms with Gasteiger partial charge in [0.15, 0.2) is 0 Å². The number of rotatable bonds is 3. The van der Waals surface area contributed by atoms with E-state index in [9.17, 15) is 27.6 Å². The number of ether oxygens (including phenoxy) is 1. The standard InChI is InChI=1S/C26H27BrClF3N6O4/c1-24(2,3)41-23(40)35-10-8-25(9-11-35)7-6-17-19(25)20(39)37-22(33-21(27)34-37)36(17)13-18(38)32-16-5-4-14(12-15(16)28)26(29,30)31/h4-5,12H,6-11,13H2,1-3H3,(H,32,38). The molecule has 0 atom stereocenters. The molecule has 0 bridgehead atoms. The maximum Gasteiger partial charge on any atom is 0.416 e. The summed E-state index contributed by atoms with van der Waals surface area (Å²) in [6, 6.07) is 2.67. The summed E-state index contributed by atoms with van der Waals surface area (Å²) >= 11 is 9.24. The van der Waals surface area contributed by atoms with E-state index < -0.39 is 34.8 Å². The number of amides is 2. The van der Waals surface area contributed by atoms with E-state index in [0.717, 1.165) is 22.7 Å². The van der Waals surface area contributed by atoms with Gasteiger partial charge in [0.05, 0.1) is 16.3 Å². The summed E-state index contributed by atoms with van der Waals surface area (Å²) in [4.78, 5) is 45.4. The quantitative estimate of drug-likeness (QED) is 0.415. The Balaban J connectivity index is 1.44. The van der Waals surface area contributed by atoms with Crippen molar-refractivity contribution in [3.63, 3.8) is 0 Å². The van der Waals surface area contributed by atoms with Crippen LogP contribution < -0.4 is 10.9 Å². The van der Waals surface area contributed by atoms with Crippen LogP contribution in [0.2, 0.25) is 5.02 Å². The molecule has 0 radical (unpaired) electrons. The summed E-state index contributed by atoms with van der Waals surface area (Å²) < 4.78 is 47.5. The topological polar surface area (TPSA) is 111 Å². The number of aromatic nitrogens is 4. The molecule has 2 aromatic heterocycles. The number of carbonyl (C=O) groups excluding carboxylic acids is 2. The average molecular weight is 660 g/mol. The van der Waals surface area contributed by atoms with E-state index in [0.29, 0.717) is 50.0 Å². The van der Waals surface area contributed by atoms with Crippen LogP contribution >= 0.6 is 27.5 Å². The number of nitrogens with zero attached hydrogens (tertiary/aromatic N) is 5. The monoisotopic (exact) mass is 658 g/mol. The number of anilines is 1. The number of nitrogens with one attached hydrogen (secondary N) is 1. The Morgan fingerprint density at radius 1 is 1.17 bits per heavy atom. The molecule has 0 unspecified atom stereocenters. The third kappa shape index (κ3) is 5.68. The minimum Gasteiger partial charge on any atom is -0.444 e. The Hall–Kier alpha value is -3.13. The lowest BCUT2D eigenvalue weighted by Crippen LogP contribution is -2.47. The first-order valence-corrected chi connectivity index (χ1v) is 14.1. The van der Waals surface area contributed by atoms with E-state index in [-0.39, 0.29) is 33.3 Å². The number of fused-ring (bicyclic) bond motifs is 3. The second kappa shape index (κ2) is 10.3. The normalized spacial score (nSPS) is 16.7. The molecule has 1 aromatic carbocycles. The van der Waals surface area contributed by atoms with Gasteiger partial charge in [-0.05, 0) is 80.6 Å². The number of hydrogen-bond acceptors (Lipinski definition) is 6. The summed E-state index contributed by atoms with van der Waals surface area (Å²) in [6.45, 7) is 5.92. The fourth-order valence-corrected chi connectivity index (χ4v) is 6.13. The number of alkyl halides is 3. The molecule has 1 aliphatic heterocycles. The first kappa shape index (κ1) is 29.4. The van der Waals surface area contributed by atoms with Gasteiger partial charge in [-0.2, -0.15) is 22.7 Å². The van der Waals surface area contributed by atoms with Crippen LogP contribution in [0.15, 0.2) is 27.7 Å². The number of halogens is 5. The molecule has 2 amide bonds. The van der Waals surface area contributed by atoms with Gasteiger partial charge in [0.2, 0.25) is 16.4 Å². The average Bonchev–Trinajstić information content (AvgIpc) is 3.43. The van der Waals surface area contributed by atoms with Crippen molar-refractivity contribution in [2.45, 2.75) is 70.2 Å². The van der Waals surface area contributed by atoms with Crippen LogP contribution in [0.1, 0.15) is 56.9 Å². The molecule has 3 aromatic rings. The van der Waals surface area contributed by atoms with Gasteiger partial charge in [0, 0.05) is 29.8 Å². The zero-order chi connectivity index (χ0) is 29.9. The van der Waals surface area contributed by atoms with Crippen LogP contribution in [0, 0.1) is 0 Å². The van der Waals surface area contributed by atoms with Crippen molar-refractivity contribution in [3.8, 4) is 0 Å². The second-order valence-electron chi connectivity index (χ2n) is 11.3. The highest BCUT2D eigenvalue weighted by Gasteiger charge is 2.46. The molecule has 41 heavy (non-hydrogen) atoms. The number of hydrogen-bond donors (Lipinski definition) is 1. The maximum absolute atomic E-state index is 13.7. The van der Waals surface area contributed by atoms with Crippen molar-refractivity contribution in [3.05, 3.63) is 55.1 Å². The molecule has 1 saturated heterocycles. The second-order valence-corrected chi connectivity index (χ2v) is 12.4. The highest BCUT2D eigenvalue weighted by Crippen LogP contribution is 2.45. The van der Waals surface area contributed by atoms with E-state index >= 15 is 0 Å². The fraction of sp³-hybridized carbons (Fsp3) is 0.500. The molecule has 1 aliphatic carbocycles. The first-order chi connectivity index (χ1) is 19.1. The summed E-state index contributed by atoms with van der Waals surface area (Å²) in [5.41, 5.74) is -1.22. The Labute approximate surface area is 245 Å². The zero-order valence-corrected chi connectivity index (χ0v) is 24.8. The zero-order valence-electron chi connectivity index (χ0n) is 22.4. The van der Waals surface area contributed by atoms with Crippen LogP contribution in [0.5, 0.6) is 0 Å². The lowest BCUT2D eigenvalue weighted by atomic mass is 9.74. The highest BCUT2D eigenvalue weighted by atomic mass is 79.9. The predicted molar refractivity (Wildman–Crippen MR) is 147 cm³/mol. The molecule has 1 N–H and O–H groups in total. The summed E-state index contributed by atoms with van der Waals surface area (Å²) in [7, 11) is 0. The fourth-order valence-electron chi connectivity index (χ4n) is 5.59. The van der Waals surface area contributed by atoms with E-state index in [4.69, 9.17) is 16.3 Å². The maximum atomic E-state index is 13.7.